The molecule has 3 aromatic rings. The van der Waals surface area contributed by atoms with Crippen LogP contribution in [0, 0.1) is 5.82 Å². The number of ether oxygens (including phenoxy) is 1. The molecule has 0 bridgehead atoms. The van der Waals surface area contributed by atoms with Crippen molar-refractivity contribution in [3.05, 3.63) is 65.6 Å². The van der Waals surface area contributed by atoms with Crippen molar-refractivity contribution in [1.29, 1.82) is 0 Å². The zero-order valence-corrected chi connectivity index (χ0v) is 14.8. The maximum atomic E-state index is 13.3. The molecular formula is C20H21FN4O2. The number of benzene rings is 2. The summed E-state index contributed by atoms with van der Waals surface area (Å²) < 4.78 is 18.8. The molecule has 1 saturated heterocycles. The first kappa shape index (κ1) is 17.6. The highest BCUT2D eigenvalue weighted by Crippen LogP contribution is 2.22. The molecule has 1 aliphatic heterocycles. The molecule has 2 N–H and O–H groups in total. The number of H-pyrrole nitrogens is 1. The largest absolute Gasteiger partial charge is 0.379 e. The smallest absolute Gasteiger partial charge is 0.253 e. The van der Waals surface area contributed by atoms with E-state index in [0.29, 0.717) is 25.3 Å². The van der Waals surface area contributed by atoms with Crippen molar-refractivity contribution < 1.29 is 13.9 Å². The van der Waals surface area contributed by atoms with Crippen LogP contribution in [0.2, 0.25) is 0 Å². The van der Waals surface area contributed by atoms with Crippen LogP contribution < -0.4 is 5.32 Å². The van der Waals surface area contributed by atoms with Crippen molar-refractivity contribution in [3.8, 4) is 0 Å². The van der Waals surface area contributed by atoms with Crippen molar-refractivity contribution in [1.82, 2.24) is 20.4 Å². The standard InChI is InChI=1S/C20H21FN4O2/c21-16-6-4-14(5-7-16)18(25-8-10-27-11-9-25)13-22-20(26)17-3-1-2-15-12-23-24-19(15)17/h1-7,12,18H,8-11,13H2,(H,22,26)(H,23,24). The van der Waals surface area contributed by atoms with E-state index < -0.39 is 0 Å². The maximum Gasteiger partial charge on any atom is 0.253 e. The van der Waals surface area contributed by atoms with Crippen LogP contribution in [0.5, 0.6) is 0 Å². The second kappa shape index (κ2) is 7.85. The first-order valence-electron chi connectivity index (χ1n) is 9.00. The van der Waals surface area contributed by atoms with Crippen LogP contribution in [0.4, 0.5) is 4.39 Å². The van der Waals surface area contributed by atoms with Gasteiger partial charge in [-0.3, -0.25) is 14.8 Å². The van der Waals surface area contributed by atoms with Gasteiger partial charge in [-0.05, 0) is 23.8 Å². The number of para-hydroxylation sites is 1. The first-order chi connectivity index (χ1) is 13.2. The van der Waals surface area contributed by atoms with Crippen molar-refractivity contribution in [2.75, 3.05) is 32.8 Å². The molecule has 1 unspecified atom stereocenters. The molecule has 1 aromatic heterocycles. The lowest BCUT2D eigenvalue weighted by Gasteiger charge is -2.35. The monoisotopic (exact) mass is 368 g/mol. The molecule has 1 aliphatic rings. The van der Waals surface area contributed by atoms with Gasteiger partial charge >= 0.3 is 0 Å². The highest BCUT2D eigenvalue weighted by Gasteiger charge is 2.24. The van der Waals surface area contributed by atoms with Crippen LogP contribution in [-0.2, 0) is 4.74 Å². The van der Waals surface area contributed by atoms with Gasteiger partial charge in [0.25, 0.3) is 5.91 Å². The molecule has 140 valence electrons. The average molecular weight is 368 g/mol. The number of nitrogens with zero attached hydrogens (tertiary/aromatic N) is 2. The summed E-state index contributed by atoms with van der Waals surface area (Å²) in [5.74, 6) is -0.431. The van der Waals surface area contributed by atoms with E-state index in [1.165, 1.54) is 12.1 Å². The summed E-state index contributed by atoms with van der Waals surface area (Å²) in [7, 11) is 0. The number of carbonyl (C=O) groups excluding carboxylic acids is 1. The van der Waals surface area contributed by atoms with Crippen molar-refractivity contribution in [2.24, 2.45) is 0 Å². The van der Waals surface area contributed by atoms with Crippen molar-refractivity contribution in [2.45, 2.75) is 6.04 Å². The molecule has 2 heterocycles. The fourth-order valence-electron chi connectivity index (χ4n) is 3.47. The second-order valence-corrected chi connectivity index (χ2v) is 6.57. The van der Waals surface area contributed by atoms with Crippen molar-refractivity contribution in [3.63, 3.8) is 0 Å². The number of amides is 1. The van der Waals surface area contributed by atoms with Gasteiger partial charge in [0.2, 0.25) is 0 Å². The predicted molar refractivity (Wildman–Crippen MR) is 100.0 cm³/mol. The van der Waals surface area contributed by atoms with Crippen LogP contribution >= 0.6 is 0 Å². The Kier molecular flexibility index (Phi) is 5.13. The van der Waals surface area contributed by atoms with E-state index in [2.05, 4.69) is 20.4 Å². The third-order valence-corrected chi connectivity index (χ3v) is 4.92. The Morgan fingerprint density at radius 3 is 2.78 bits per heavy atom. The van der Waals surface area contributed by atoms with E-state index in [1.54, 1.807) is 24.4 Å². The van der Waals surface area contributed by atoms with Crippen molar-refractivity contribution >= 4 is 16.8 Å². The minimum Gasteiger partial charge on any atom is -0.379 e. The van der Waals surface area contributed by atoms with Gasteiger partial charge in [0.05, 0.1) is 36.5 Å². The van der Waals surface area contributed by atoms with Crippen LogP contribution in [0.3, 0.4) is 0 Å². The molecule has 2 aromatic carbocycles. The van der Waals surface area contributed by atoms with Gasteiger partial charge in [-0.25, -0.2) is 4.39 Å². The zero-order valence-electron chi connectivity index (χ0n) is 14.8. The number of nitrogens with one attached hydrogen (secondary N) is 2. The van der Waals surface area contributed by atoms with E-state index >= 15 is 0 Å². The molecule has 1 atom stereocenters. The Morgan fingerprint density at radius 2 is 2.00 bits per heavy atom. The number of halogens is 1. The lowest BCUT2D eigenvalue weighted by atomic mass is 10.0. The Hall–Kier alpha value is -2.77. The lowest BCUT2D eigenvalue weighted by molar-refractivity contribution is 0.0162. The van der Waals surface area contributed by atoms with Gasteiger partial charge in [0.15, 0.2) is 0 Å². The van der Waals surface area contributed by atoms with Crippen LogP contribution in [0.15, 0.2) is 48.7 Å². The van der Waals surface area contributed by atoms with Gasteiger partial charge in [0, 0.05) is 25.0 Å². The lowest BCUT2D eigenvalue weighted by Crippen LogP contribution is -2.43. The Morgan fingerprint density at radius 1 is 1.22 bits per heavy atom. The third-order valence-electron chi connectivity index (χ3n) is 4.92. The summed E-state index contributed by atoms with van der Waals surface area (Å²) in [6.07, 6.45) is 1.70. The summed E-state index contributed by atoms with van der Waals surface area (Å²) in [4.78, 5) is 15.0. The van der Waals surface area contributed by atoms with E-state index in [0.717, 1.165) is 29.6 Å². The predicted octanol–water partition coefficient (Wildman–Crippen LogP) is 2.51. The maximum absolute atomic E-state index is 13.3. The molecule has 1 amide bonds. The Labute approximate surface area is 156 Å². The van der Waals surface area contributed by atoms with E-state index in [-0.39, 0.29) is 17.8 Å². The average Bonchev–Trinajstić information content (AvgIpc) is 3.19. The van der Waals surface area contributed by atoms with Gasteiger partial charge < -0.3 is 10.1 Å². The van der Waals surface area contributed by atoms with Crippen LogP contribution in [0.25, 0.3) is 10.9 Å². The molecule has 0 spiro atoms. The number of morpholine rings is 1. The number of aromatic amines is 1. The molecule has 4 rings (SSSR count). The summed E-state index contributed by atoms with van der Waals surface area (Å²) >= 11 is 0. The van der Waals surface area contributed by atoms with Gasteiger partial charge in [-0.15, -0.1) is 0 Å². The van der Waals surface area contributed by atoms with Gasteiger partial charge in [-0.2, -0.15) is 5.10 Å². The van der Waals surface area contributed by atoms with E-state index in [4.69, 9.17) is 4.74 Å². The summed E-state index contributed by atoms with van der Waals surface area (Å²) in [5, 5.41) is 10.8. The molecule has 0 aliphatic carbocycles. The van der Waals surface area contributed by atoms with E-state index in [9.17, 15) is 9.18 Å². The summed E-state index contributed by atoms with van der Waals surface area (Å²) in [6, 6.07) is 11.9. The zero-order chi connectivity index (χ0) is 18.6. The van der Waals surface area contributed by atoms with E-state index in [1.807, 2.05) is 12.1 Å². The number of hydrogen-bond acceptors (Lipinski definition) is 4. The SMILES string of the molecule is O=C(NCC(c1ccc(F)cc1)N1CCOCC1)c1cccc2cn[nH]c12. The fourth-order valence-corrected chi connectivity index (χ4v) is 3.47. The molecule has 27 heavy (non-hydrogen) atoms. The highest BCUT2D eigenvalue weighted by atomic mass is 19.1. The Bertz CT molecular complexity index is 919. The Balaban J connectivity index is 1.53. The topological polar surface area (TPSA) is 70.2 Å². The highest BCUT2D eigenvalue weighted by molar-refractivity contribution is 6.05. The van der Waals surface area contributed by atoms with Crippen LogP contribution in [-0.4, -0.2) is 53.9 Å². The summed E-state index contributed by atoms with van der Waals surface area (Å²) in [6.45, 7) is 3.27. The fraction of sp³-hybridized carbons (Fsp3) is 0.300. The second-order valence-electron chi connectivity index (χ2n) is 6.57. The molecule has 0 saturated carbocycles. The number of carbonyl (C=O) groups is 1. The number of hydrogen-bond donors (Lipinski definition) is 2. The van der Waals surface area contributed by atoms with Gasteiger partial charge in [-0.1, -0.05) is 24.3 Å². The quantitative estimate of drug-likeness (QED) is 0.726. The first-order valence-corrected chi connectivity index (χ1v) is 9.00. The summed E-state index contributed by atoms with van der Waals surface area (Å²) in [5.41, 5.74) is 2.25. The molecule has 1 fully saturated rings. The number of fused-ring (bicyclic) bond motifs is 1. The number of aromatic nitrogens is 2. The molecule has 6 nitrogen and oxygen atoms in total. The van der Waals surface area contributed by atoms with Gasteiger partial charge in [0.1, 0.15) is 5.82 Å². The molecule has 7 heteroatoms. The molecule has 0 radical (unpaired) electrons. The normalized spacial score (nSPS) is 16.3. The van der Waals surface area contributed by atoms with Crippen LogP contribution in [0.1, 0.15) is 22.0 Å². The number of rotatable bonds is 5. The minimum atomic E-state index is -0.269. The molecular weight excluding hydrogens is 347 g/mol. The third kappa shape index (κ3) is 3.84. The minimum absolute atomic E-state index is 0.0422.